The van der Waals surface area contributed by atoms with Crippen LogP contribution in [0.2, 0.25) is 0 Å². The van der Waals surface area contributed by atoms with Gasteiger partial charge in [0.15, 0.2) is 5.69 Å². The molecule has 3 aromatic rings. The Kier molecular flexibility index (Phi) is 4.51. The summed E-state index contributed by atoms with van der Waals surface area (Å²) in [6.07, 6.45) is 0. The lowest BCUT2D eigenvalue weighted by Crippen LogP contribution is -2.05. The molecule has 0 bridgehead atoms. The third-order valence-electron chi connectivity index (χ3n) is 4.56. The van der Waals surface area contributed by atoms with E-state index in [4.69, 9.17) is 6.57 Å². The van der Waals surface area contributed by atoms with Crippen molar-refractivity contribution in [2.45, 2.75) is 20.4 Å². The molecule has 0 saturated carbocycles. The highest BCUT2D eigenvalue weighted by molar-refractivity contribution is 5.98. The molecule has 0 aliphatic carbocycles. The quantitative estimate of drug-likeness (QED) is 0.668. The fraction of sp³-hybridized carbons (Fsp3) is 0.143. The van der Waals surface area contributed by atoms with Crippen molar-refractivity contribution in [1.82, 2.24) is 4.57 Å². The minimum Gasteiger partial charge on any atom is -0.508 e. The molecule has 0 atom stereocenters. The average Bonchev–Trinajstić information content (AvgIpc) is 2.88. The Bertz CT molecular complexity index is 1010. The van der Waals surface area contributed by atoms with Gasteiger partial charge >= 0.3 is 5.97 Å². The van der Waals surface area contributed by atoms with Crippen LogP contribution in [0.15, 0.2) is 48.5 Å². The van der Waals surface area contributed by atoms with Gasteiger partial charge in [-0.05, 0) is 37.1 Å². The van der Waals surface area contributed by atoms with Gasteiger partial charge in [-0.15, -0.1) is 0 Å². The summed E-state index contributed by atoms with van der Waals surface area (Å²) < 4.78 is 1.97. The van der Waals surface area contributed by atoms with Crippen molar-refractivity contribution < 1.29 is 15.0 Å². The SMILES string of the molecule is [C-]#[N+]c1ccc(-c2c(C(=O)O)c(C)n(Cc3ccc(O)cc3)c2C)cc1. The molecule has 2 N–H and O–H groups in total. The number of aromatic carboxylic acids is 1. The fourth-order valence-corrected chi connectivity index (χ4v) is 3.22. The van der Waals surface area contributed by atoms with E-state index in [0.717, 1.165) is 16.8 Å². The molecule has 0 amide bonds. The standard InChI is InChI=1S/C21H18N2O3/c1-13-19(16-6-8-17(22-3)9-7-16)20(21(25)26)14(2)23(13)12-15-4-10-18(24)11-5-15/h4-11,24H,12H2,1-2H3,(H,25,26). The minimum atomic E-state index is -0.973. The lowest BCUT2D eigenvalue weighted by atomic mass is 10.0. The van der Waals surface area contributed by atoms with E-state index in [9.17, 15) is 15.0 Å². The Labute approximate surface area is 151 Å². The van der Waals surface area contributed by atoms with Crippen LogP contribution < -0.4 is 0 Å². The van der Waals surface area contributed by atoms with Crippen LogP contribution in [0.3, 0.4) is 0 Å². The van der Waals surface area contributed by atoms with Crippen molar-refractivity contribution in [3.63, 3.8) is 0 Å². The molecule has 2 aromatic carbocycles. The highest BCUT2D eigenvalue weighted by atomic mass is 16.4. The molecule has 26 heavy (non-hydrogen) atoms. The van der Waals surface area contributed by atoms with Gasteiger partial charge < -0.3 is 14.8 Å². The summed E-state index contributed by atoms with van der Waals surface area (Å²) >= 11 is 0. The van der Waals surface area contributed by atoms with Crippen LogP contribution in [0.25, 0.3) is 16.0 Å². The van der Waals surface area contributed by atoms with E-state index < -0.39 is 5.97 Å². The largest absolute Gasteiger partial charge is 0.508 e. The molecule has 0 aliphatic rings. The highest BCUT2D eigenvalue weighted by Crippen LogP contribution is 2.34. The van der Waals surface area contributed by atoms with Crippen LogP contribution in [0.4, 0.5) is 5.69 Å². The number of carboxylic acid groups (broad SMARTS) is 1. The third-order valence-corrected chi connectivity index (χ3v) is 4.56. The molecule has 1 aromatic heterocycles. The maximum Gasteiger partial charge on any atom is 0.338 e. The van der Waals surface area contributed by atoms with Crippen LogP contribution in [-0.4, -0.2) is 20.7 Å². The van der Waals surface area contributed by atoms with Gasteiger partial charge in [-0.25, -0.2) is 9.64 Å². The number of carbonyl (C=O) groups is 1. The van der Waals surface area contributed by atoms with Gasteiger partial charge in [0.2, 0.25) is 0 Å². The smallest absolute Gasteiger partial charge is 0.338 e. The molecule has 1 heterocycles. The van der Waals surface area contributed by atoms with Crippen LogP contribution >= 0.6 is 0 Å². The summed E-state index contributed by atoms with van der Waals surface area (Å²) in [6, 6.07) is 13.8. The normalized spacial score (nSPS) is 10.5. The molecule has 0 saturated heterocycles. The molecule has 130 valence electrons. The number of rotatable bonds is 4. The van der Waals surface area contributed by atoms with Crippen LogP contribution in [0, 0.1) is 20.4 Å². The zero-order chi connectivity index (χ0) is 18.8. The van der Waals surface area contributed by atoms with Gasteiger partial charge in [-0.2, -0.15) is 0 Å². The topological polar surface area (TPSA) is 66.8 Å². The summed E-state index contributed by atoms with van der Waals surface area (Å²) in [4.78, 5) is 15.3. The maximum atomic E-state index is 11.9. The first-order chi connectivity index (χ1) is 12.4. The van der Waals surface area contributed by atoms with E-state index in [-0.39, 0.29) is 11.3 Å². The van der Waals surface area contributed by atoms with E-state index in [0.29, 0.717) is 23.5 Å². The number of hydrogen-bond acceptors (Lipinski definition) is 2. The Balaban J connectivity index is 2.13. The lowest BCUT2D eigenvalue weighted by Gasteiger charge is -2.10. The predicted octanol–water partition coefficient (Wildman–Crippen LogP) is 4.77. The first kappa shape index (κ1) is 17.3. The van der Waals surface area contributed by atoms with Gasteiger partial charge in [-0.1, -0.05) is 36.4 Å². The van der Waals surface area contributed by atoms with Crippen LogP contribution in [-0.2, 0) is 6.54 Å². The third kappa shape index (κ3) is 3.05. The van der Waals surface area contributed by atoms with E-state index in [1.165, 1.54) is 0 Å². The molecule has 0 fully saturated rings. The van der Waals surface area contributed by atoms with Crippen molar-refractivity contribution in [3.05, 3.63) is 82.5 Å². The molecule has 5 heteroatoms. The van der Waals surface area contributed by atoms with Crippen molar-refractivity contribution in [3.8, 4) is 16.9 Å². The number of phenols is 1. The zero-order valence-corrected chi connectivity index (χ0v) is 14.5. The second-order valence-corrected chi connectivity index (χ2v) is 6.14. The monoisotopic (exact) mass is 346 g/mol. The lowest BCUT2D eigenvalue weighted by molar-refractivity contribution is 0.0697. The van der Waals surface area contributed by atoms with E-state index in [1.54, 1.807) is 43.3 Å². The van der Waals surface area contributed by atoms with Crippen LogP contribution in [0.5, 0.6) is 5.75 Å². The maximum absolute atomic E-state index is 11.9. The number of aromatic nitrogens is 1. The second kappa shape index (κ2) is 6.77. The van der Waals surface area contributed by atoms with Crippen molar-refractivity contribution in [2.24, 2.45) is 0 Å². The minimum absolute atomic E-state index is 0.196. The Morgan fingerprint density at radius 2 is 1.65 bits per heavy atom. The van der Waals surface area contributed by atoms with E-state index in [1.807, 2.05) is 23.6 Å². The average molecular weight is 346 g/mol. The van der Waals surface area contributed by atoms with E-state index >= 15 is 0 Å². The molecular weight excluding hydrogens is 328 g/mol. The number of phenolic OH excluding ortho intramolecular Hbond substituents is 1. The zero-order valence-electron chi connectivity index (χ0n) is 14.5. The number of nitrogens with zero attached hydrogens (tertiary/aromatic N) is 2. The molecule has 3 rings (SSSR count). The van der Waals surface area contributed by atoms with Crippen LogP contribution in [0.1, 0.15) is 27.3 Å². The first-order valence-corrected chi connectivity index (χ1v) is 8.11. The number of carboxylic acids is 1. The number of benzene rings is 2. The summed E-state index contributed by atoms with van der Waals surface area (Å²) in [7, 11) is 0. The van der Waals surface area contributed by atoms with Gasteiger partial charge in [-0.3, -0.25) is 0 Å². The fourth-order valence-electron chi connectivity index (χ4n) is 3.22. The number of aromatic hydroxyl groups is 1. The molecule has 0 unspecified atom stereocenters. The summed E-state index contributed by atoms with van der Waals surface area (Å²) in [6.45, 7) is 11.3. The number of hydrogen-bond donors (Lipinski definition) is 2. The van der Waals surface area contributed by atoms with Crippen molar-refractivity contribution in [1.29, 1.82) is 0 Å². The van der Waals surface area contributed by atoms with Crippen molar-refractivity contribution in [2.75, 3.05) is 0 Å². The predicted molar refractivity (Wildman–Crippen MR) is 99.8 cm³/mol. The Hall–Kier alpha value is -3.52. The summed E-state index contributed by atoms with van der Waals surface area (Å²) in [5.41, 5.74) is 4.73. The highest BCUT2D eigenvalue weighted by Gasteiger charge is 2.23. The molecule has 0 radical (unpaired) electrons. The molecule has 0 aliphatic heterocycles. The Morgan fingerprint density at radius 3 is 2.19 bits per heavy atom. The molecule has 0 spiro atoms. The van der Waals surface area contributed by atoms with Crippen molar-refractivity contribution >= 4 is 11.7 Å². The summed E-state index contributed by atoms with van der Waals surface area (Å²) in [5.74, 6) is -0.777. The van der Waals surface area contributed by atoms with Gasteiger partial charge in [0, 0.05) is 23.5 Å². The van der Waals surface area contributed by atoms with Gasteiger partial charge in [0.25, 0.3) is 0 Å². The molecular formula is C21H18N2O3. The van der Waals surface area contributed by atoms with Gasteiger partial charge in [0.1, 0.15) is 5.75 Å². The van der Waals surface area contributed by atoms with E-state index in [2.05, 4.69) is 4.85 Å². The Morgan fingerprint density at radius 1 is 1.04 bits per heavy atom. The van der Waals surface area contributed by atoms with Gasteiger partial charge in [0.05, 0.1) is 12.1 Å². The second-order valence-electron chi connectivity index (χ2n) is 6.14. The summed E-state index contributed by atoms with van der Waals surface area (Å²) in [5, 5.41) is 19.2. The molecule has 5 nitrogen and oxygen atoms in total. The first-order valence-electron chi connectivity index (χ1n) is 8.11.